The van der Waals surface area contributed by atoms with Crippen LogP contribution in [0.4, 0.5) is 5.69 Å². The number of para-hydroxylation sites is 1. The minimum absolute atomic E-state index is 0.0192. The Labute approximate surface area is 116 Å². The van der Waals surface area contributed by atoms with Gasteiger partial charge in [-0.2, -0.15) is 0 Å². The van der Waals surface area contributed by atoms with Gasteiger partial charge >= 0.3 is 5.69 Å². The number of hydrogen-bond acceptors (Lipinski definition) is 3. The van der Waals surface area contributed by atoms with Crippen LogP contribution in [-0.4, -0.2) is 21.5 Å². The summed E-state index contributed by atoms with van der Waals surface area (Å²) in [5.41, 5.74) is 1.72. The number of nitrogens with zero attached hydrogens (tertiary/aromatic N) is 3. The second-order valence-electron chi connectivity index (χ2n) is 4.98. The summed E-state index contributed by atoms with van der Waals surface area (Å²) in [6, 6.07) is 9.65. The molecule has 0 unspecified atom stereocenters. The smallest absolute Gasteiger partial charge is 0.307 e. The molecule has 102 valence electrons. The average molecular weight is 269 g/mol. The van der Waals surface area contributed by atoms with Crippen molar-refractivity contribution in [1.82, 2.24) is 9.55 Å². The Kier molecular flexibility index (Phi) is 3.10. The lowest BCUT2D eigenvalue weighted by molar-refractivity contribution is -0.119. The van der Waals surface area contributed by atoms with Gasteiger partial charge in [-0.25, -0.2) is 9.78 Å². The Morgan fingerprint density at radius 1 is 1.35 bits per heavy atom. The lowest BCUT2D eigenvalue weighted by Gasteiger charge is -2.23. The van der Waals surface area contributed by atoms with Crippen molar-refractivity contribution in [3.05, 3.63) is 58.8 Å². The summed E-state index contributed by atoms with van der Waals surface area (Å²) >= 11 is 0. The largest absolute Gasteiger partial charge is 0.347 e. The molecule has 5 heteroatoms. The lowest BCUT2D eigenvalue weighted by atomic mass is 10.1. The van der Waals surface area contributed by atoms with Gasteiger partial charge in [-0.3, -0.25) is 9.36 Å². The zero-order valence-electron chi connectivity index (χ0n) is 11.2. The van der Waals surface area contributed by atoms with Crippen molar-refractivity contribution < 1.29 is 4.79 Å². The molecule has 0 spiro atoms. The Morgan fingerprint density at radius 3 is 2.95 bits per heavy atom. The van der Waals surface area contributed by atoms with Gasteiger partial charge < -0.3 is 4.90 Å². The molecule has 1 atom stereocenters. The number of benzene rings is 1. The molecule has 3 rings (SSSR count). The highest BCUT2D eigenvalue weighted by Gasteiger charge is 2.30. The summed E-state index contributed by atoms with van der Waals surface area (Å²) in [4.78, 5) is 29.5. The Bertz CT molecular complexity index is 708. The van der Waals surface area contributed by atoms with E-state index in [9.17, 15) is 9.59 Å². The van der Waals surface area contributed by atoms with Crippen molar-refractivity contribution in [1.29, 1.82) is 0 Å². The Hall–Kier alpha value is -2.43. The fraction of sp³-hybridized carbons (Fsp3) is 0.267. The average Bonchev–Trinajstić information content (AvgIpc) is 2.77. The van der Waals surface area contributed by atoms with Crippen LogP contribution >= 0.6 is 0 Å². The maximum atomic E-state index is 12.5. The van der Waals surface area contributed by atoms with E-state index in [1.165, 1.54) is 16.3 Å². The van der Waals surface area contributed by atoms with Crippen LogP contribution in [-0.2, 0) is 17.8 Å². The predicted octanol–water partition coefficient (Wildman–Crippen LogP) is 1.22. The summed E-state index contributed by atoms with van der Waals surface area (Å²) in [7, 11) is 0. The second kappa shape index (κ2) is 4.92. The molecule has 0 fully saturated rings. The zero-order valence-corrected chi connectivity index (χ0v) is 11.2. The molecule has 1 aliphatic heterocycles. The molecular formula is C15H15N3O2. The summed E-state index contributed by atoms with van der Waals surface area (Å²) in [5, 5.41) is 0. The van der Waals surface area contributed by atoms with Gasteiger partial charge in [-0.1, -0.05) is 18.2 Å². The van der Waals surface area contributed by atoms with Gasteiger partial charge in [0.25, 0.3) is 0 Å². The van der Waals surface area contributed by atoms with E-state index in [4.69, 9.17) is 0 Å². The van der Waals surface area contributed by atoms with Crippen LogP contribution < -0.4 is 10.6 Å². The van der Waals surface area contributed by atoms with Crippen molar-refractivity contribution in [2.24, 2.45) is 0 Å². The number of hydrogen-bond donors (Lipinski definition) is 0. The SMILES string of the molecule is C[C@H]1Cc2ccccc2N1C(=O)Cn1cccnc1=O. The third-order valence-corrected chi connectivity index (χ3v) is 3.56. The summed E-state index contributed by atoms with van der Waals surface area (Å²) < 4.78 is 1.33. The highest BCUT2D eigenvalue weighted by molar-refractivity contribution is 5.96. The van der Waals surface area contributed by atoms with Crippen LogP contribution in [0, 0.1) is 0 Å². The van der Waals surface area contributed by atoms with Gasteiger partial charge in [-0.15, -0.1) is 0 Å². The van der Waals surface area contributed by atoms with Crippen molar-refractivity contribution in [2.45, 2.75) is 25.9 Å². The molecule has 2 aromatic rings. The molecule has 5 nitrogen and oxygen atoms in total. The number of carbonyl (C=O) groups is 1. The van der Waals surface area contributed by atoms with Crippen molar-refractivity contribution in [3.8, 4) is 0 Å². The first-order valence-electron chi connectivity index (χ1n) is 6.58. The maximum absolute atomic E-state index is 12.5. The van der Waals surface area contributed by atoms with Gasteiger partial charge in [0.2, 0.25) is 5.91 Å². The Morgan fingerprint density at radius 2 is 2.15 bits per heavy atom. The third kappa shape index (κ3) is 2.11. The number of amides is 1. The van der Waals surface area contributed by atoms with E-state index < -0.39 is 5.69 Å². The molecule has 1 aliphatic rings. The molecule has 0 aliphatic carbocycles. The topological polar surface area (TPSA) is 55.2 Å². The van der Waals surface area contributed by atoms with Crippen LogP contribution in [0.15, 0.2) is 47.5 Å². The van der Waals surface area contributed by atoms with Crippen molar-refractivity contribution in [2.75, 3.05) is 4.90 Å². The molecule has 0 saturated carbocycles. The van der Waals surface area contributed by atoms with Crippen LogP contribution in [0.25, 0.3) is 0 Å². The lowest BCUT2D eigenvalue weighted by Crippen LogP contribution is -2.40. The van der Waals surface area contributed by atoms with E-state index in [1.54, 1.807) is 17.2 Å². The molecule has 0 N–H and O–H groups in total. The zero-order chi connectivity index (χ0) is 14.1. The molecule has 2 heterocycles. The van der Waals surface area contributed by atoms with E-state index in [1.807, 2.05) is 31.2 Å². The summed E-state index contributed by atoms with van der Waals surface area (Å²) in [6.07, 6.45) is 3.86. The monoisotopic (exact) mass is 269 g/mol. The third-order valence-electron chi connectivity index (χ3n) is 3.56. The van der Waals surface area contributed by atoms with Gasteiger partial charge in [0.1, 0.15) is 6.54 Å². The highest BCUT2D eigenvalue weighted by atomic mass is 16.2. The van der Waals surface area contributed by atoms with E-state index in [0.29, 0.717) is 0 Å². The fourth-order valence-corrected chi connectivity index (χ4v) is 2.67. The quantitative estimate of drug-likeness (QED) is 0.823. The Balaban J connectivity index is 1.88. The molecule has 0 bridgehead atoms. The summed E-state index contributed by atoms with van der Waals surface area (Å²) in [6.45, 7) is 2.04. The van der Waals surface area contributed by atoms with Gasteiger partial charge in [0, 0.05) is 24.1 Å². The number of aromatic nitrogens is 2. The van der Waals surface area contributed by atoms with Crippen molar-refractivity contribution >= 4 is 11.6 Å². The molecule has 0 radical (unpaired) electrons. The predicted molar refractivity (Wildman–Crippen MR) is 75.6 cm³/mol. The normalized spacial score (nSPS) is 17.1. The van der Waals surface area contributed by atoms with E-state index in [2.05, 4.69) is 4.98 Å². The number of carbonyl (C=O) groups excluding carboxylic acids is 1. The van der Waals surface area contributed by atoms with Crippen LogP contribution in [0.2, 0.25) is 0 Å². The summed E-state index contributed by atoms with van der Waals surface area (Å²) in [5.74, 6) is -0.0856. The first-order chi connectivity index (χ1) is 9.66. The van der Waals surface area contributed by atoms with Gasteiger partial charge in [-0.05, 0) is 31.0 Å². The molecule has 1 aromatic heterocycles. The molecule has 20 heavy (non-hydrogen) atoms. The van der Waals surface area contributed by atoms with E-state index in [0.717, 1.165) is 12.1 Å². The van der Waals surface area contributed by atoms with Gasteiger partial charge in [0.15, 0.2) is 0 Å². The minimum Gasteiger partial charge on any atom is -0.307 e. The van der Waals surface area contributed by atoms with Crippen LogP contribution in [0.1, 0.15) is 12.5 Å². The molecular weight excluding hydrogens is 254 g/mol. The first-order valence-corrected chi connectivity index (χ1v) is 6.58. The standard InChI is InChI=1S/C15H15N3O2/c1-11-9-12-5-2-3-6-13(12)18(11)14(19)10-17-8-4-7-16-15(17)20/h2-8,11H,9-10H2,1H3/t11-/m0/s1. The maximum Gasteiger partial charge on any atom is 0.347 e. The number of rotatable bonds is 2. The molecule has 1 aromatic carbocycles. The van der Waals surface area contributed by atoms with Crippen LogP contribution in [0.5, 0.6) is 0 Å². The van der Waals surface area contributed by atoms with Gasteiger partial charge in [0.05, 0.1) is 0 Å². The number of anilines is 1. The second-order valence-corrected chi connectivity index (χ2v) is 4.98. The highest BCUT2D eigenvalue weighted by Crippen LogP contribution is 2.31. The first kappa shape index (κ1) is 12.6. The number of fused-ring (bicyclic) bond motifs is 1. The molecule has 0 saturated heterocycles. The van der Waals surface area contributed by atoms with Crippen molar-refractivity contribution in [3.63, 3.8) is 0 Å². The minimum atomic E-state index is -0.402. The van der Waals surface area contributed by atoms with E-state index in [-0.39, 0.29) is 18.5 Å². The molecule has 1 amide bonds. The van der Waals surface area contributed by atoms with Crippen LogP contribution in [0.3, 0.4) is 0 Å². The van der Waals surface area contributed by atoms with E-state index >= 15 is 0 Å². The fourth-order valence-electron chi connectivity index (χ4n) is 2.67.